The molecule has 1 aliphatic rings. The van der Waals surface area contributed by atoms with Crippen LogP contribution in [0.3, 0.4) is 0 Å². The molecule has 5 atom stereocenters. The van der Waals surface area contributed by atoms with Gasteiger partial charge in [0.1, 0.15) is 12.2 Å². The SMILES string of the molecule is COCC1O[C@H](O)[C@@H](OC(=O)c2ccccc2)[C@@H](OC(=O)c2ccccc2)C1OC. The molecule has 160 valence electrons. The highest BCUT2D eigenvalue weighted by Crippen LogP contribution is 2.28. The summed E-state index contributed by atoms with van der Waals surface area (Å²) in [6, 6.07) is 16.6. The van der Waals surface area contributed by atoms with E-state index in [0.29, 0.717) is 5.56 Å². The molecule has 2 aromatic rings. The summed E-state index contributed by atoms with van der Waals surface area (Å²) in [7, 11) is 2.88. The van der Waals surface area contributed by atoms with Crippen LogP contribution in [-0.2, 0) is 23.7 Å². The van der Waals surface area contributed by atoms with Gasteiger partial charge in [0.15, 0.2) is 18.5 Å². The van der Waals surface area contributed by atoms with E-state index in [1.54, 1.807) is 60.7 Å². The van der Waals surface area contributed by atoms with Crippen molar-refractivity contribution in [3.05, 3.63) is 71.8 Å². The summed E-state index contributed by atoms with van der Waals surface area (Å²) in [5.74, 6) is -1.34. The quantitative estimate of drug-likeness (QED) is 0.683. The average molecular weight is 416 g/mol. The molecule has 0 amide bonds. The Hall–Kier alpha value is -2.78. The lowest BCUT2D eigenvalue weighted by atomic mass is 9.98. The van der Waals surface area contributed by atoms with Gasteiger partial charge in [-0.05, 0) is 24.3 Å². The molecular weight excluding hydrogens is 392 g/mol. The van der Waals surface area contributed by atoms with E-state index in [4.69, 9.17) is 23.7 Å². The number of rotatable bonds is 7. The molecule has 1 saturated heterocycles. The van der Waals surface area contributed by atoms with Gasteiger partial charge in [-0.15, -0.1) is 0 Å². The highest BCUT2D eigenvalue weighted by Gasteiger charge is 2.50. The Bertz CT molecular complexity index is 826. The first kappa shape index (κ1) is 21.9. The first-order valence-electron chi connectivity index (χ1n) is 9.42. The monoisotopic (exact) mass is 416 g/mol. The van der Waals surface area contributed by atoms with Crippen molar-refractivity contribution >= 4 is 11.9 Å². The van der Waals surface area contributed by atoms with Gasteiger partial charge < -0.3 is 28.8 Å². The summed E-state index contributed by atoms with van der Waals surface area (Å²) in [6.07, 6.45) is -5.55. The fourth-order valence-electron chi connectivity index (χ4n) is 3.27. The van der Waals surface area contributed by atoms with Gasteiger partial charge in [-0.1, -0.05) is 36.4 Å². The molecule has 2 aromatic carbocycles. The van der Waals surface area contributed by atoms with E-state index in [1.807, 2.05) is 0 Å². The highest BCUT2D eigenvalue weighted by molar-refractivity contribution is 5.90. The zero-order valence-corrected chi connectivity index (χ0v) is 16.7. The van der Waals surface area contributed by atoms with Crippen LogP contribution in [0.25, 0.3) is 0 Å². The summed E-state index contributed by atoms with van der Waals surface area (Å²) in [6.45, 7) is 0.0777. The van der Waals surface area contributed by atoms with Crippen molar-refractivity contribution in [1.29, 1.82) is 0 Å². The lowest BCUT2D eigenvalue weighted by molar-refractivity contribution is -0.290. The lowest BCUT2D eigenvalue weighted by Crippen LogP contribution is -2.61. The van der Waals surface area contributed by atoms with Gasteiger partial charge in [-0.25, -0.2) is 9.59 Å². The molecule has 0 radical (unpaired) electrons. The Kier molecular flexibility index (Phi) is 7.53. The summed E-state index contributed by atoms with van der Waals surface area (Å²) < 4.78 is 27.3. The maximum Gasteiger partial charge on any atom is 0.338 e. The average Bonchev–Trinajstić information content (AvgIpc) is 2.77. The Balaban J connectivity index is 1.86. The second kappa shape index (κ2) is 10.3. The lowest BCUT2D eigenvalue weighted by Gasteiger charge is -2.42. The van der Waals surface area contributed by atoms with Gasteiger partial charge in [0, 0.05) is 14.2 Å². The van der Waals surface area contributed by atoms with E-state index >= 15 is 0 Å². The van der Waals surface area contributed by atoms with Crippen LogP contribution >= 0.6 is 0 Å². The van der Waals surface area contributed by atoms with Crippen molar-refractivity contribution < 1.29 is 38.4 Å². The summed E-state index contributed by atoms with van der Waals surface area (Å²) >= 11 is 0. The van der Waals surface area contributed by atoms with E-state index in [2.05, 4.69) is 0 Å². The predicted molar refractivity (Wildman–Crippen MR) is 105 cm³/mol. The van der Waals surface area contributed by atoms with Crippen LogP contribution in [0.4, 0.5) is 0 Å². The van der Waals surface area contributed by atoms with Gasteiger partial charge in [-0.3, -0.25) is 0 Å². The summed E-state index contributed by atoms with van der Waals surface area (Å²) in [5, 5.41) is 10.5. The van der Waals surface area contributed by atoms with Gasteiger partial charge in [0.05, 0.1) is 17.7 Å². The molecule has 1 heterocycles. The van der Waals surface area contributed by atoms with E-state index in [9.17, 15) is 14.7 Å². The van der Waals surface area contributed by atoms with Gasteiger partial charge in [0.25, 0.3) is 0 Å². The van der Waals surface area contributed by atoms with Crippen LogP contribution in [-0.4, -0.2) is 68.6 Å². The molecule has 30 heavy (non-hydrogen) atoms. The van der Waals surface area contributed by atoms with Crippen LogP contribution in [0.15, 0.2) is 60.7 Å². The van der Waals surface area contributed by atoms with Gasteiger partial charge in [-0.2, -0.15) is 0 Å². The molecule has 1 fully saturated rings. The second-order valence-electron chi connectivity index (χ2n) is 6.69. The van der Waals surface area contributed by atoms with Crippen LogP contribution < -0.4 is 0 Å². The van der Waals surface area contributed by atoms with Crippen molar-refractivity contribution in [3.63, 3.8) is 0 Å². The third-order valence-electron chi connectivity index (χ3n) is 4.72. The maximum absolute atomic E-state index is 12.7. The fraction of sp³-hybridized carbons (Fsp3) is 0.364. The largest absolute Gasteiger partial charge is 0.452 e. The van der Waals surface area contributed by atoms with Crippen LogP contribution in [0.1, 0.15) is 20.7 Å². The van der Waals surface area contributed by atoms with Crippen LogP contribution in [0.2, 0.25) is 0 Å². The summed E-state index contributed by atoms with van der Waals surface area (Å²) in [5.41, 5.74) is 0.593. The van der Waals surface area contributed by atoms with E-state index in [0.717, 1.165) is 0 Å². The minimum Gasteiger partial charge on any atom is -0.452 e. The van der Waals surface area contributed by atoms with Gasteiger partial charge >= 0.3 is 11.9 Å². The first-order valence-corrected chi connectivity index (χ1v) is 9.42. The first-order chi connectivity index (χ1) is 14.5. The van der Waals surface area contributed by atoms with E-state index in [1.165, 1.54) is 14.2 Å². The predicted octanol–water partition coefficient (Wildman–Crippen LogP) is 1.82. The number of carbonyl (C=O) groups is 2. The zero-order valence-electron chi connectivity index (χ0n) is 16.7. The highest BCUT2D eigenvalue weighted by atomic mass is 16.7. The van der Waals surface area contributed by atoms with Crippen molar-refractivity contribution in [2.24, 2.45) is 0 Å². The number of methoxy groups -OCH3 is 2. The zero-order chi connectivity index (χ0) is 21.5. The molecule has 8 nitrogen and oxygen atoms in total. The Morgan fingerprint density at radius 3 is 1.80 bits per heavy atom. The van der Waals surface area contributed by atoms with Crippen molar-refractivity contribution in [2.75, 3.05) is 20.8 Å². The number of carbonyl (C=O) groups excluding carboxylic acids is 2. The number of aliphatic hydroxyl groups excluding tert-OH is 1. The van der Waals surface area contributed by atoms with Crippen LogP contribution in [0, 0.1) is 0 Å². The third-order valence-corrected chi connectivity index (χ3v) is 4.72. The molecule has 8 heteroatoms. The molecule has 1 aliphatic heterocycles. The Morgan fingerprint density at radius 2 is 1.33 bits per heavy atom. The molecule has 0 spiro atoms. The minimum absolute atomic E-state index is 0.0777. The van der Waals surface area contributed by atoms with E-state index in [-0.39, 0.29) is 12.2 Å². The van der Waals surface area contributed by atoms with Gasteiger partial charge in [0.2, 0.25) is 0 Å². The molecule has 0 bridgehead atoms. The van der Waals surface area contributed by atoms with E-state index < -0.39 is 42.6 Å². The molecular formula is C22H24O8. The minimum atomic E-state index is -1.54. The summed E-state index contributed by atoms with van der Waals surface area (Å²) in [4.78, 5) is 25.2. The molecule has 2 unspecified atom stereocenters. The second-order valence-corrected chi connectivity index (χ2v) is 6.69. The van der Waals surface area contributed by atoms with Crippen molar-refractivity contribution in [1.82, 2.24) is 0 Å². The third kappa shape index (κ3) is 5.03. The fourth-order valence-corrected chi connectivity index (χ4v) is 3.27. The molecule has 0 aliphatic carbocycles. The number of aliphatic hydroxyl groups is 1. The van der Waals surface area contributed by atoms with Crippen molar-refractivity contribution in [2.45, 2.75) is 30.7 Å². The molecule has 0 saturated carbocycles. The number of hydrogen-bond acceptors (Lipinski definition) is 8. The molecule has 3 rings (SSSR count). The topological polar surface area (TPSA) is 101 Å². The van der Waals surface area contributed by atoms with Crippen LogP contribution in [0.5, 0.6) is 0 Å². The normalized spacial score (nSPS) is 26.0. The Labute approximate surface area is 174 Å². The van der Waals surface area contributed by atoms with Crippen molar-refractivity contribution in [3.8, 4) is 0 Å². The number of hydrogen-bond donors (Lipinski definition) is 1. The number of esters is 2. The standard InChI is InChI=1S/C22H24O8/c1-26-13-16-17(27-2)18(29-20(23)14-9-5-3-6-10-14)19(22(25)28-16)30-21(24)15-11-7-4-8-12-15/h3-12,16-19,22,25H,13H2,1-2H3/t16?,17?,18-,19-,22-/m0/s1. The maximum atomic E-state index is 12.7. The molecule has 0 aromatic heterocycles. The molecule has 1 N–H and O–H groups in total. The number of benzene rings is 2. The number of ether oxygens (including phenoxy) is 5. The smallest absolute Gasteiger partial charge is 0.338 e. The Morgan fingerprint density at radius 1 is 0.833 bits per heavy atom.